The third-order valence-electron chi connectivity index (χ3n) is 3.45. The Morgan fingerprint density at radius 1 is 1.41 bits per heavy atom. The lowest BCUT2D eigenvalue weighted by atomic mass is 9.92. The predicted octanol–water partition coefficient (Wildman–Crippen LogP) is 0.853. The van der Waals surface area contributed by atoms with E-state index in [0.717, 1.165) is 26.2 Å². The molecule has 98 valence electrons. The zero-order valence-electron chi connectivity index (χ0n) is 11.0. The number of likely N-dealkylation sites (N-methyl/N-ethyl adjacent to an activating group) is 1. The van der Waals surface area contributed by atoms with Crippen molar-refractivity contribution in [1.82, 2.24) is 9.80 Å². The molecule has 1 heterocycles. The van der Waals surface area contributed by atoms with Crippen LogP contribution in [0.1, 0.15) is 26.7 Å². The molecule has 17 heavy (non-hydrogen) atoms. The van der Waals surface area contributed by atoms with Crippen molar-refractivity contribution in [3.63, 3.8) is 0 Å². The summed E-state index contributed by atoms with van der Waals surface area (Å²) in [7, 11) is 1.82. The van der Waals surface area contributed by atoms with E-state index >= 15 is 0 Å². The number of nitrogens with zero attached hydrogens (tertiary/aromatic N) is 2. The van der Waals surface area contributed by atoms with E-state index in [1.165, 1.54) is 12.8 Å². The average molecular weight is 257 g/mol. The molecule has 0 radical (unpaired) electrons. The van der Waals surface area contributed by atoms with Crippen molar-refractivity contribution >= 4 is 23.1 Å². The number of amides is 1. The molecular weight excluding hydrogens is 234 g/mol. The van der Waals surface area contributed by atoms with Gasteiger partial charge in [-0.05, 0) is 39.8 Å². The van der Waals surface area contributed by atoms with Crippen LogP contribution in [0.25, 0.3) is 0 Å². The van der Waals surface area contributed by atoms with Crippen molar-refractivity contribution < 1.29 is 4.79 Å². The minimum absolute atomic E-state index is 0.00389. The van der Waals surface area contributed by atoms with Crippen molar-refractivity contribution in [2.45, 2.75) is 26.7 Å². The van der Waals surface area contributed by atoms with Gasteiger partial charge in [0.2, 0.25) is 5.91 Å². The Kier molecular flexibility index (Phi) is 4.89. The van der Waals surface area contributed by atoms with E-state index in [9.17, 15) is 4.79 Å². The fourth-order valence-corrected chi connectivity index (χ4v) is 2.07. The first-order valence-electron chi connectivity index (χ1n) is 6.13. The molecule has 0 aromatic rings. The van der Waals surface area contributed by atoms with Crippen LogP contribution in [-0.4, -0.2) is 53.9 Å². The molecule has 0 saturated carbocycles. The monoisotopic (exact) mass is 257 g/mol. The van der Waals surface area contributed by atoms with Crippen molar-refractivity contribution in [2.75, 3.05) is 33.2 Å². The highest BCUT2D eigenvalue weighted by Crippen LogP contribution is 2.18. The first kappa shape index (κ1) is 14.4. The molecule has 1 fully saturated rings. The van der Waals surface area contributed by atoms with Gasteiger partial charge in [-0.15, -0.1) is 0 Å². The Hall–Kier alpha value is -0.680. The van der Waals surface area contributed by atoms with Crippen LogP contribution in [0.5, 0.6) is 0 Å². The van der Waals surface area contributed by atoms with Gasteiger partial charge in [0.15, 0.2) is 0 Å². The van der Waals surface area contributed by atoms with Gasteiger partial charge in [-0.2, -0.15) is 0 Å². The quantitative estimate of drug-likeness (QED) is 0.742. The molecule has 1 saturated heterocycles. The molecule has 1 amide bonds. The summed E-state index contributed by atoms with van der Waals surface area (Å²) in [6.07, 6.45) is 2.55. The van der Waals surface area contributed by atoms with Gasteiger partial charge < -0.3 is 15.5 Å². The van der Waals surface area contributed by atoms with Gasteiger partial charge in [0.05, 0.1) is 10.4 Å². The van der Waals surface area contributed by atoms with E-state index in [2.05, 4.69) is 4.90 Å². The van der Waals surface area contributed by atoms with Crippen LogP contribution in [0.2, 0.25) is 0 Å². The maximum absolute atomic E-state index is 12.2. The molecule has 0 bridgehead atoms. The third kappa shape index (κ3) is 3.64. The molecular formula is C12H23N3OS. The van der Waals surface area contributed by atoms with Gasteiger partial charge in [0.1, 0.15) is 0 Å². The maximum Gasteiger partial charge on any atom is 0.234 e. The molecule has 0 unspecified atom stereocenters. The highest BCUT2D eigenvalue weighted by molar-refractivity contribution is 7.80. The smallest absolute Gasteiger partial charge is 0.234 e. The Labute approximate surface area is 109 Å². The van der Waals surface area contributed by atoms with Crippen LogP contribution in [0.3, 0.4) is 0 Å². The fourth-order valence-electron chi connectivity index (χ4n) is 1.98. The lowest BCUT2D eigenvalue weighted by molar-refractivity contribution is -0.135. The molecule has 0 aromatic heterocycles. The first-order valence-corrected chi connectivity index (χ1v) is 6.54. The van der Waals surface area contributed by atoms with Gasteiger partial charge in [-0.25, -0.2) is 0 Å². The molecule has 4 nitrogen and oxygen atoms in total. The summed E-state index contributed by atoms with van der Waals surface area (Å²) in [4.78, 5) is 16.5. The molecule has 0 aromatic carbocycles. The molecule has 5 heteroatoms. The summed E-state index contributed by atoms with van der Waals surface area (Å²) in [5.41, 5.74) is 4.86. The van der Waals surface area contributed by atoms with E-state index in [0.29, 0.717) is 0 Å². The van der Waals surface area contributed by atoms with E-state index < -0.39 is 5.41 Å². The van der Waals surface area contributed by atoms with Crippen LogP contribution >= 0.6 is 12.2 Å². The Morgan fingerprint density at radius 3 is 2.41 bits per heavy atom. The van der Waals surface area contributed by atoms with Crippen LogP contribution in [-0.2, 0) is 4.79 Å². The first-order chi connectivity index (χ1) is 7.85. The van der Waals surface area contributed by atoms with E-state index in [-0.39, 0.29) is 10.9 Å². The molecule has 0 atom stereocenters. The fraction of sp³-hybridized carbons (Fsp3) is 0.833. The molecule has 1 aliphatic heterocycles. The van der Waals surface area contributed by atoms with E-state index in [1.54, 1.807) is 18.7 Å². The number of carbonyl (C=O) groups excluding carboxylic acids is 1. The van der Waals surface area contributed by atoms with Gasteiger partial charge in [-0.1, -0.05) is 12.2 Å². The number of rotatable bonds is 5. The van der Waals surface area contributed by atoms with Gasteiger partial charge in [0, 0.05) is 20.1 Å². The zero-order valence-corrected chi connectivity index (χ0v) is 11.8. The van der Waals surface area contributed by atoms with Crippen molar-refractivity contribution in [1.29, 1.82) is 0 Å². The topological polar surface area (TPSA) is 49.6 Å². The summed E-state index contributed by atoms with van der Waals surface area (Å²) in [5, 5.41) is 0. The number of nitrogens with two attached hydrogens (primary N) is 1. The Morgan fingerprint density at radius 2 is 1.94 bits per heavy atom. The summed E-state index contributed by atoms with van der Waals surface area (Å²) in [6.45, 7) is 7.55. The predicted molar refractivity (Wildman–Crippen MR) is 73.9 cm³/mol. The number of likely N-dealkylation sites (tertiary alicyclic amines) is 1. The number of hydrogen-bond donors (Lipinski definition) is 1. The third-order valence-corrected chi connectivity index (χ3v) is 3.96. The van der Waals surface area contributed by atoms with Crippen molar-refractivity contribution in [3.05, 3.63) is 0 Å². The lowest BCUT2D eigenvalue weighted by Crippen LogP contribution is -2.47. The number of thiocarbonyl (C=S) groups is 1. The van der Waals surface area contributed by atoms with Crippen molar-refractivity contribution in [2.24, 2.45) is 11.1 Å². The highest BCUT2D eigenvalue weighted by Gasteiger charge is 2.33. The summed E-state index contributed by atoms with van der Waals surface area (Å²) < 4.78 is 0. The van der Waals surface area contributed by atoms with Gasteiger partial charge in [-0.3, -0.25) is 4.79 Å². The second-order valence-electron chi connectivity index (χ2n) is 5.26. The zero-order chi connectivity index (χ0) is 13.1. The normalized spacial score (nSPS) is 17.1. The Bertz CT molecular complexity index is 298. The minimum atomic E-state index is -0.741. The number of hydrogen-bond acceptors (Lipinski definition) is 3. The highest BCUT2D eigenvalue weighted by atomic mass is 32.1. The van der Waals surface area contributed by atoms with E-state index in [4.69, 9.17) is 18.0 Å². The molecule has 1 aliphatic rings. The standard InChI is InChI=1S/C12H23N3OS/c1-12(2,10(13)17)11(16)14(3)8-9-15-6-4-5-7-15/h4-9H2,1-3H3,(H2,13,17). The minimum Gasteiger partial charge on any atom is -0.392 e. The second-order valence-corrected chi connectivity index (χ2v) is 5.70. The largest absolute Gasteiger partial charge is 0.392 e. The van der Waals surface area contributed by atoms with Crippen LogP contribution in [0.4, 0.5) is 0 Å². The van der Waals surface area contributed by atoms with Crippen LogP contribution in [0, 0.1) is 5.41 Å². The maximum atomic E-state index is 12.2. The number of carbonyl (C=O) groups is 1. The van der Waals surface area contributed by atoms with E-state index in [1.807, 2.05) is 7.05 Å². The summed E-state index contributed by atoms with van der Waals surface area (Å²) >= 11 is 4.94. The van der Waals surface area contributed by atoms with Crippen LogP contribution < -0.4 is 5.73 Å². The van der Waals surface area contributed by atoms with Crippen LogP contribution in [0.15, 0.2) is 0 Å². The van der Waals surface area contributed by atoms with Gasteiger partial charge in [0.25, 0.3) is 0 Å². The molecule has 0 aliphatic carbocycles. The SMILES string of the molecule is CN(CCN1CCCC1)C(=O)C(C)(C)C(N)=S. The van der Waals surface area contributed by atoms with Gasteiger partial charge >= 0.3 is 0 Å². The average Bonchev–Trinajstić information content (AvgIpc) is 2.77. The molecule has 0 spiro atoms. The molecule has 2 N–H and O–H groups in total. The summed E-state index contributed by atoms with van der Waals surface area (Å²) in [5.74, 6) is 0.00389. The second kappa shape index (κ2) is 5.78. The van der Waals surface area contributed by atoms with Crippen molar-refractivity contribution in [3.8, 4) is 0 Å². The molecule has 1 rings (SSSR count). The summed E-state index contributed by atoms with van der Waals surface area (Å²) in [6, 6.07) is 0. The Balaban J connectivity index is 2.43. The lowest BCUT2D eigenvalue weighted by Gasteiger charge is -2.29.